The van der Waals surface area contributed by atoms with E-state index < -0.39 is 5.66 Å². The summed E-state index contributed by atoms with van der Waals surface area (Å²) < 4.78 is 0. The van der Waals surface area contributed by atoms with Crippen LogP contribution in [-0.2, 0) is 5.66 Å². The topological polar surface area (TPSA) is 52.0 Å². The molecule has 80 valence electrons. The third-order valence-electron chi connectivity index (χ3n) is 3.25. The molecule has 3 rings (SSSR count). The van der Waals surface area contributed by atoms with E-state index in [2.05, 4.69) is 31.2 Å². The van der Waals surface area contributed by atoms with Crippen LogP contribution in [0, 0.1) is 0 Å². The molecule has 2 aromatic carbocycles. The van der Waals surface area contributed by atoms with Gasteiger partial charge < -0.3 is 11.5 Å². The van der Waals surface area contributed by atoms with Crippen molar-refractivity contribution in [3.8, 4) is 0 Å². The Bertz CT molecular complexity index is 604. The van der Waals surface area contributed by atoms with Crippen LogP contribution >= 0.6 is 0 Å². The molecule has 0 amide bonds. The quantitative estimate of drug-likeness (QED) is 0.656. The Hall–Kier alpha value is -1.64. The molecule has 0 bridgehead atoms. The lowest BCUT2D eigenvalue weighted by Gasteiger charge is -2.29. The third-order valence-corrected chi connectivity index (χ3v) is 3.25. The minimum Gasteiger partial charge on any atom is -0.306 e. The molecule has 0 aromatic heterocycles. The largest absolute Gasteiger partial charge is 0.306 e. The average molecular weight is 210 g/mol. The van der Waals surface area contributed by atoms with Crippen molar-refractivity contribution >= 4 is 16.3 Å². The van der Waals surface area contributed by atoms with Gasteiger partial charge in [-0.1, -0.05) is 36.4 Å². The van der Waals surface area contributed by atoms with Gasteiger partial charge in [0.1, 0.15) is 5.66 Å². The van der Waals surface area contributed by atoms with Gasteiger partial charge in [0.2, 0.25) is 0 Å². The van der Waals surface area contributed by atoms with Crippen molar-refractivity contribution < 1.29 is 0 Å². The molecule has 0 atom stereocenters. The zero-order valence-corrected chi connectivity index (χ0v) is 9.20. The summed E-state index contributed by atoms with van der Waals surface area (Å²) in [5.41, 5.74) is 14.8. The Kier molecular flexibility index (Phi) is 1.76. The van der Waals surface area contributed by atoms with Gasteiger partial charge in [-0.2, -0.15) is 0 Å². The van der Waals surface area contributed by atoms with E-state index in [9.17, 15) is 0 Å². The first-order valence-electron chi connectivity index (χ1n) is 5.39. The van der Waals surface area contributed by atoms with Crippen LogP contribution in [-0.4, -0.2) is 0 Å². The predicted molar refractivity (Wildman–Crippen MR) is 67.7 cm³/mol. The van der Waals surface area contributed by atoms with E-state index in [0.29, 0.717) is 0 Å². The van der Waals surface area contributed by atoms with Gasteiger partial charge in [0.05, 0.1) is 0 Å². The molecule has 2 nitrogen and oxygen atoms in total. The van der Waals surface area contributed by atoms with Gasteiger partial charge in [0, 0.05) is 0 Å². The highest BCUT2D eigenvalue weighted by Gasteiger charge is 2.27. The first-order chi connectivity index (χ1) is 7.59. The van der Waals surface area contributed by atoms with E-state index >= 15 is 0 Å². The molecule has 1 aliphatic carbocycles. The van der Waals surface area contributed by atoms with Gasteiger partial charge in [-0.3, -0.25) is 0 Å². The van der Waals surface area contributed by atoms with Crippen LogP contribution in [0.4, 0.5) is 0 Å². The summed E-state index contributed by atoms with van der Waals surface area (Å²) in [5.74, 6) is 0. The van der Waals surface area contributed by atoms with Gasteiger partial charge in [0.25, 0.3) is 0 Å². The molecule has 0 spiro atoms. The van der Waals surface area contributed by atoms with Crippen molar-refractivity contribution in [2.45, 2.75) is 12.6 Å². The third kappa shape index (κ3) is 1.14. The van der Waals surface area contributed by atoms with Crippen molar-refractivity contribution in [2.24, 2.45) is 11.5 Å². The lowest BCUT2D eigenvalue weighted by molar-refractivity contribution is 0.596. The molecule has 0 saturated carbocycles. The number of rotatable bonds is 0. The molecule has 0 fully saturated rings. The molecule has 0 saturated heterocycles. The van der Waals surface area contributed by atoms with E-state index in [4.69, 9.17) is 11.5 Å². The first-order valence-corrected chi connectivity index (χ1v) is 5.39. The fourth-order valence-electron chi connectivity index (χ4n) is 2.54. The molecule has 1 aliphatic rings. The van der Waals surface area contributed by atoms with Crippen molar-refractivity contribution in [3.05, 3.63) is 53.6 Å². The monoisotopic (exact) mass is 210 g/mol. The maximum atomic E-state index is 6.14. The summed E-state index contributed by atoms with van der Waals surface area (Å²) in [5, 5.41) is 2.39. The summed E-state index contributed by atoms with van der Waals surface area (Å²) in [6.07, 6.45) is 1.93. The highest BCUT2D eigenvalue weighted by molar-refractivity contribution is 5.98. The molecule has 0 heterocycles. The standard InChI is InChI=1S/C14H14N2/c1-9-8-14(15,16)12-7-3-5-10-4-2-6-11(9)13(10)12/h2-8H,15-16H2,1H3. The van der Waals surface area contributed by atoms with Crippen LogP contribution in [0.3, 0.4) is 0 Å². The minimum atomic E-state index is -0.849. The molecule has 0 radical (unpaired) electrons. The van der Waals surface area contributed by atoms with Gasteiger partial charge in [-0.15, -0.1) is 0 Å². The van der Waals surface area contributed by atoms with Crippen molar-refractivity contribution in [2.75, 3.05) is 0 Å². The molecule has 0 unspecified atom stereocenters. The number of benzene rings is 2. The van der Waals surface area contributed by atoms with Gasteiger partial charge in [-0.25, -0.2) is 0 Å². The van der Waals surface area contributed by atoms with Crippen LogP contribution in [0.25, 0.3) is 16.3 Å². The Morgan fingerprint density at radius 3 is 2.44 bits per heavy atom. The highest BCUT2D eigenvalue weighted by Crippen LogP contribution is 2.36. The number of hydrogen-bond acceptors (Lipinski definition) is 2. The van der Waals surface area contributed by atoms with Gasteiger partial charge >= 0.3 is 0 Å². The normalized spacial score (nSPS) is 17.3. The van der Waals surface area contributed by atoms with Crippen LogP contribution in [0.1, 0.15) is 18.1 Å². The number of hydrogen-bond donors (Lipinski definition) is 2. The summed E-state index contributed by atoms with van der Waals surface area (Å²) >= 11 is 0. The SMILES string of the molecule is CC1=CC(N)(N)c2cccc3cccc1c23. The lowest BCUT2D eigenvalue weighted by atomic mass is 9.83. The second-order valence-corrected chi connectivity index (χ2v) is 4.47. The van der Waals surface area contributed by atoms with Crippen LogP contribution in [0.5, 0.6) is 0 Å². The van der Waals surface area contributed by atoms with Crippen molar-refractivity contribution in [1.82, 2.24) is 0 Å². The second kappa shape index (κ2) is 2.94. The van der Waals surface area contributed by atoms with Gasteiger partial charge in [0.15, 0.2) is 0 Å². The Morgan fingerprint density at radius 2 is 1.69 bits per heavy atom. The first kappa shape index (κ1) is 9.58. The molecular formula is C14H14N2. The Balaban J connectivity index is 2.54. The van der Waals surface area contributed by atoms with E-state index in [-0.39, 0.29) is 0 Å². The van der Waals surface area contributed by atoms with Crippen LogP contribution in [0.15, 0.2) is 42.5 Å². The minimum absolute atomic E-state index is 0.849. The summed E-state index contributed by atoms with van der Waals surface area (Å²) in [4.78, 5) is 0. The van der Waals surface area contributed by atoms with E-state index in [1.54, 1.807) is 0 Å². The smallest absolute Gasteiger partial charge is 0.110 e. The molecular weight excluding hydrogens is 196 g/mol. The van der Waals surface area contributed by atoms with Crippen LogP contribution in [0.2, 0.25) is 0 Å². The Labute approximate surface area is 94.6 Å². The maximum absolute atomic E-state index is 6.14. The van der Waals surface area contributed by atoms with E-state index in [1.165, 1.54) is 16.3 Å². The molecule has 0 aliphatic heterocycles. The maximum Gasteiger partial charge on any atom is 0.110 e. The van der Waals surface area contributed by atoms with Crippen molar-refractivity contribution in [1.29, 1.82) is 0 Å². The van der Waals surface area contributed by atoms with Gasteiger partial charge in [-0.05, 0) is 40.5 Å². The zero-order valence-electron chi connectivity index (χ0n) is 9.20. The summed E-state index contributed by atoms with van der Waals surface area (Å²) in [6.45, 7) is 2.05. The molecule has 2 aromatic rings. The second-order valence-electron chi connectivity index (χ2n) is 4.47. The Morgan fingerprint density at radius 1 is 1.00 bits per heavy atom. The van der Waals surface area contributed by atoms with E-state index in [0.717, 1.165) is 11.1 Å². The zero-order chi connectivity index (χ0) is 11.3. The summed E-state index contributed by atoms with van der Waals surface area (Å²) in [7, 11) is 0. The lowest BCUT2D eigenvalue weighted by Crippen LogP contribution is -2.45. The highest BCUT2D eigenvalue weighted by atomic mass is 14.9. The molecule has 16 heavy (non-hydrogen) atoms. The fraction of sp³-hybridized carbons (Fsp3) is 0.143. The van der Waals surface area contributed by atoms with E-state index in [1.807, 2.05) is 18.2 Å². The van der Waals surface area contributed by atoms with Crippen molar-refractivity contribution in [3.63, 3.8) is 0 Å². The number of nitrogens with two attached hydrogens (primary N) is 2. The average Bonchev–Trinajstić information content (AvgIpc) is 2.25. The number of allylic oxidation sites excluding steroid dienone is 1. The molecule has 2 heteroatoms. The molecule has 4 N–H and O–H groups in total. The fourth-order valence-corrected chi connectivity index (χ4v) is 2.54. The predicted octanol–water partition coefficient (Wildman–Crippen LogP) is 2.33. The van der Waals surface area contributed by atoms with Crippen LogP contribution < -0.4 is 11.5 Å². The summed E-state index contributed by atoms with van der Waals surface area (Å²) in [6, 6.07) is 12.4.